The average molecular weight is 483 g/mol. The third-order valence-electron chi connectivity index (χ3n) is 6.09. The molecule has 0 unspecified atom stereocenters. The highest BCUT2D eigenvalue weighted by Gasteiger charge is 2.14. The van der Waals surface area contributed by atoms with Crippen LogP contribution in [-0.4, -0.2) is 0 Å². The van der Waals surface area contributed by atoms with E-state index in [1.54, 1.807) is 22.7 Å². The summed E-state index contributed by atoms with van der Waals surface area (Å²) in [6.07, 6.45) is 8.95. The standard InChI is InChI=1S/C32H34S2/c1-31(2,3)25-13-7-23(8-14-25)11-17-29-27(19-21-33-29)28-20-22-34-30(28)18-12-24-9-15-26(16-10-24)32(4,5)6/h7-22H,1-6H3/b17-11-,18-12+. The lowest BCUT2D eigenvalue weighted by Gasteiger charge is -2.18. The van der Waals surface area contributed by atoms with Gasteiger partial charge in [0.25, 0.3) is 0 Å². The van der Waals surface area contributed by atoms with E-state index in [1.807, 2.05) is 0 Å². The summed E-state index contributed by atoms with van der Waals surface area (Å²) in [5.41, 5.74) is 8.16. The van der Waals surface area contributed by atoms with Crippen LogP contribution >= 0.6 is 22.7 Å². The van der Waals surface area contributed by atoms with Gasteiger partial charge in [0.05, 0.1) is 0 Å². The monoisotopic (exact) mass is 482 g/mol. The highest BCUT2D eigenvalue weighted by molar-refractivity contribution is 7.12. The summed E-state index contributed by atoms with van der Waals surface area (Å²) in [4.78, 5) is 2.59. The van der Waals surface area contributed by atoms with Gasteiger partial charge in [-0.05, 0) is 68.1 Å². The van der Waals surface area contributed by atoms with Crippen molar-refractivity contribution in [3.8, 4) is 11.1 Å². The van der Waals surface area contributed by atoms with Gasteiger partial charge in [-0.3, -0.25) is 0 Å². The summed E-state index contributed by atoms with van der Waals surface area (Å²) >= 11 is 3.59. The highest BCUT2D eigenvalue weighted by Crippen LogP contribution is 2.36. The molecule has 0 saturated heterocycles. The fourth-order valence-electron chi connectivity index (χ4n) is 3.88. The Kier molecular flexibility index (Phi) is 7.12. The lowest BCUT2D eigenvalue weighted by Crippen LogP contribution is -2.10. The minimum absolute atomic E-state index is 0.181. The quantitative estimate of drug-likeness (QED) is 0.265. The Morgan fingerprint density at radius 2 is 0.824 bits per heavy atom. The first kappa shape index (κ1) is 24.4. The molecule has 0 bridgehead atoms. The summed E-state index contributed by atoms with van der Waals surface area (Å²) in [6.45, 7) is 13.5. The molecule has 2 aromatic heterocycles. The fourth-order valence-corrected chi connectivity index (χ4v) is 5.48. The molecule has 2 heterocycles. The van der Waals surface area contributed by atoms with Crippen LogP contribution in [0.1, 0.15) is 73.6 Å². The minimum atomic E-state index is 0.181. The molecule has 34 heavy (non-hydrogen) atoms. The SMILES string of the molecule is CC(C)(C)c1ccc(/C=C\c2sccc2-c2ccsc2/C=C/c2ccc(C(C)(C)C)cc2)cc1. The van der Waals surface area contributed by atoms with E-state index < -0.39 is 0 Å². The molecule has 4 rings (SSSR count). The zero-order valence-electron chi connectivity index (χ0n) is 21.1. The van der Waals surface area contributed by atoms with E-state index in [4.69, 9.17) is 0 Å². The van der Waals surface area contributed by atoms with Crippen LogP contribution in [0.25, 0.3) is 35.4 Å². The molecular formula is C32H34S2. The van der Waals surface area contributed by atoms with Gasteiger partial charge < -0.3 is 0 Å². The molecule has 2 aromatic carbocycles. The van der Waals surface area contributed by atoms with Gasteiger partial charge in [-0.25, -0.2) is 0 Å². The topological polar surface area (TPSA) is 0 Å². The van der Waals surface area contributed by atoms with Crippen LogP contribution in [0.2, 0.25) is 0 Å². The number of hydrogen-bond acceptors (Lipinski definition) is 2. The second kappa shape index (κ2) is 9.90. The summed E-state index contributed by atoms with van der Waals surface area (Å²) in [6, 6.07) is 22.3. The molecule has 0 aliphatic heterocycles. The molecule has 2 heteroatoms. The van der Waals surface area contributed by atoms with Gasteiger partial charge in [0, 0.05) is 20.9 Å². The Morgan fingerprint density at radius 1 is 0.471 bits per heavy atom. The first-order valence-electron chi connectivity index (χ1n) is 11.8. The van der Waals surface area contributed by atoms with Gasteiger partial charge in [0.15, 0.2) is 0 Å². The molecule has 174 valence electrons. The largest absolute Gasteiger partial charge is 0.144 e. The Hall–Kier alpha value is -2.68. The van der Waals surface area contributed by atoms with Crippen LogP contribution in [-0.2, 0) is 10.8 Å². The van der Waals surface area contributed by atoms with E-state index in [0.717, 1.165) is 0 Å². The fraction of sp³-hybridized carbons (Fsp3) is 0.250. The predicted octanol–water partition coefficient (Wildman–Crippen LogP) is 10.4. The smallest absolute Gasteiger partial charge is 0.0349 e. The van der Waals surface area contributed by atoms with E-state index in [-0.39, 0.29) is 10.8 Å². The highest BCUT2D eigenvalue weighted by atomic mass is 32.1. The lowest BCUT2D eigenvalue weighted by molar-refractivity contribution is 0.590. The van der Waals surface area contributed by atoms with E-state index in [2.05, 4.69) is 137 Å². The molecule has 0 saturated carbocycles. The van der Waals surface area contributed by atoms with Crippen LogP contribution in [0.15, 0.2) is 71.4 Å². The zero-order chi connectivity index (χ0) is 24.3. The summed E-state index contributed by atoms with van der Waals surface area (Å²) in [5, 5.41) is 4.38. The maximum absolute atomic E-state index is 2.25. The Balaban J connectivity index is 1.53. The van der Waals surface area contributed by atoms with E-state index in [1.165, 1.54) is 43.1 Å². The van der Waals surface area contributed by atoms with E-state index >= 15 is 0 Å². The number of hydrogen-bond donors (Lipinski definition) is 0. The molecule has 0 aliphatic rings. The van der Waals surface area contributed by atoms with Crippen molar-refractivity contribution < 1.29 is 0 Å². The summed E-state index contributed by atoms with van der Waals surface area (Å²) in [7, 11) is 0. The van der Waals surface area contributed by atoms with Gasteiger partial charge in [-0.15, -0.1) is 22.7 Å². The molecule has 0 nitrogen and oxygen atoms in total. The van der Waals surface area contributed by atoms with Gasteiger partial charge in [-0.2, -0.15) is 0 Å². The minimum Gasteiger partial charge on any atom is -0.144 e. The maximum Gasteiger partial charge on any atom is 0.0349 e. The molecule has 0 aliphatic carbocycles. The second-order valence-electron chi connectivity index (χ2n) is 10.8. The molecule has 0 radical (unpaired) electrons. The van der Waals surface area contributed by atoms with E-state index in [0.29, 0.717) is 0 Å². The third-order valence-corrected chi connectivity index (χ3v) is 7.85. The Morgan fingerprint density at radius 3 is 1.15 bits per heavy atom. The number of rotatable bonds is 5. The van der Waals surface area contributed by atoms with Crippen molar-refractivity contribution in [2.75, 3.05) is 0 Å². The maximum atomic E-state index is 2.25. The first-order chi connectivity index (χ1) is 16.1. The number of thiophene rings is 2. The second-order valence-corrected chi connectivity index (χ2v) is 12.7. The van der Waals surface area contributed by atoms with Gasteiger partial charge >= 0.3 is 0 Å². The first-order valence-corrected chi connectivity index (χ1v) is 13.6. The molecule has 0 N–H and O–H groups in total. The molecule has 0 fully saturated rings. The van der Waals surface area contributed by atoms with Crippen molar-refractivity contribution >= 4 is 47.0 Å². The summed E-state index contributed by atoms with van der Waals surface area (Å²) in [5.74, 6) is 0. The molecule has 4 aromatic rings. The van der Waals surface area contributed by atoms with Crippen molar-refractivity contribution in [1.29, 1.82) is 0 Å². The van der Waals surface area contributed by atoms with Crippen LogP contribution in [0.3, 0.4) is 0 Å². The Labute approximate surface area is 213 Å². The predicted molar refractivity (Wildman–Crippen MR) is 156 cm³/mol. The van der Waals surface area contributed by atoms with Crippen LogP contribution in [0.4, 0.5) is 0 Å². The molecule has 0 atom stereocenters. The van der Waals surface area contributed by atoms with Crippen LogP contribution in [0.5, 0.6) is 0 Å². The van der Waals surface area contributed by atoms with E-state index in [9.17, 15) is 0 Å². The van der Waals surface area contributed by atoms with Crippen molar-refractivity contribution in [1.82, 2.24) is 0 Å². The zero-order valence-corrected chi connectivity index (χ0v) is 22.7. The van der Waals surface area contributed by atoms with Crippen molar-refractivity contribution in [2.45, 2.75) is 52.4 Å². The van der Waals surface area contributed by atoms with Crippen LogP contribution < -0.4 is 0 Å². The Bertz CT molecular complexity index is 1180. The lowest BCUT2D eigenvalue weighted by atomic mass is 9.86. The van der Waals surface area contributed by atoms with Crippen molar-refractivity contribution in [3.05, 3.63) is 103 Å². The van der Waals surface area contributed by atoms with Crippen LogP contribution in [0, 0.1) is 0 Å². The summed E-state index contributed by atoms with van der Waals surface area (Å²) < 4.78 is 0. The molecular weight excluding hydrogens is 448 g/mol. The van der Waals surface area contributed by atoms with Gasteiger partial charge in [0.1, 0.15) is 0 Å². The third kappa shape index (κ3) is 5.87. The van der Waals surface area contributed by atoms with Gasteiger partial charge in [0.2, 0.25) is 0 Å². The van der Waals surface area contributed by atoms with Crippen molar-refractivity contribution in [2.24, 2.45) is 0 Å². The molecule has 0 amide bonds. The average Bonchev–Trinajstić information content (AvgIpc) is 3.44. The van der Waals surface area contributed by atoms with Gasteiger partial charge in [-0.1, -0.05) is 102 Å². The molecule has 0 spiro atoms. The normalized spacial score (nSPS) is 12.8. The number of benzene rings is 2. The van der Waals surface area contributed by atoms with Crippen molar-refractivity contribution in [3.63, 3.8) is 0 Å².